The van der Waals surface area contributed by atoms with Gasteiger partial charge in [0.05, 0.1) is 30.6 Å². The number of methoxy groups -OCH3 is 2. The first-order valence-corrected chi connectivity index (χ1v) is 12.4. The zero-order valence-corrected chi connectivity index (χ0v) is 19.8. The number of anilines is 2. The van der Waals surface area contributed by atoms with Crippen LogP contribution in [0.25, 0.3) is 0 Å². The second-order valence-corrected chi connectivity index (χ2v) is 10.2. The Labute approximate surface area is 189 Å². The molecular weight excluding hydrogens is 433 g/mol. The number of nitrogens with zero attached hydrogens (tertiary/aromatic N) is 1. The van der Waals surface area contributed by atoms with Crippen LogP contribution in [0.3, 0.4) is 0 Å². The molecule has 2 aromatic carbocycles. The average Bonchev–Trinajstić information content (AvgIpc) is 2.89. The van der Waals surface area contributed by atoms with Gasteiger partial charge in [-0.3, -0.25) is 0 Å². The molecule has 8 heteroatoms. The number of hydrogen-bond acceptors (Lipinski definition) is 6. The van der Waals surface area contributed by atoms with Crippen molar-refractivity contribution < 1.29 is 27.1 Å². The molecule has 0 fully saturated rings. The van der Waals surface area contributed by atoms with E-state index in [1.165, 1.54) is 32.4 Å². The first-order valence-electron chi connectivity index (χ1n) is 10.8. The van der Waals surface area contributed by atoms with Gasteiger partial charge in [-0.15, -0.1) is 0 Å². The Morgan fingerprint density at radius 1 is 1.16 bits per heavy atom. The monoisotopic (exact) mass is 463 g/mol. The third kappa shape index (κ3) is 4.60. The first-order chi connectivity index (χ1) is 15.2. The lowest BCUT2D eigenvalue weighted by molar-refractivity contribution is 0.0597. The molecule has 0 radical (unpaired) electrons. The summed E-state index contributed by atoms with van der Waals surface area (Å²) in [5, 5.41) is 0. The summed E-state index contributed by atoms with van der Waals surface area (Å²) < 4.78 is 51.2. The van der Waals surface area contributed by atoms with Crippen molar-refractivity contribution in [3.05, 3.63) is 47.8 Å². The number of carbonyl (C=O) groups is 1. The first kappa shape index (κ1) is 24.0. The van der Waals surface area contributed by atoms with Crippen molar-refractivity contribution >= 4 is 27.2 Å². The Balaban J connectivity index is 2.31. The van der Waals surface area contributed by atoms with E-state index in [0.29, 0.717) is 24.3 Å². The lowest BCUT2D eigenvalue weighted by Gasteiger charge is -2.36. The molecule has 174 valence electrons. The number of esters is 1. The summed E-state index contributed by atoms with van der Waals surface area (Å²) in [6.07, 6.45) is 3.25. The van der Waals surface area contributed by atoms with Crippen LogP contribution in [-0.4, -0.2) is 40.9 Å². The molecule has 0 aromatic heterocycles. The molecule has 0 spiro atoms. The lowest BCUT2D eigenvalue weighted by atomic mass is 9.81. The molecule has 1 aliphatic rings. The number of benzene rings is 2. The number of fused-ring (bicyclic) bond motifs is 1. The number of rotatable bonds is 7. The quantitative estimate of drug-likeness (QED) is 0.530. The van der Waals surface area contributed by atoms with E-state index in [1.54, 1.807) is 18.2 Å². The SMILES string of the molecule is CCCCC1(CC)CN(c2ccc(F)cc2)c2cc(OC)c(C(=O)OC)cc2S(=O)(=O)C1. The van der Waals surface area contributed by atoms with E-state index in [2.05, 4.69) is 6.92 Å². The Kier molecular flexibility index (Phi) is 7.12. The van der Waals surface area contributed by atoms with Crippen LogP contribution in [0.5, 0.6) is 5.75 Å². The summed E-state index contributed by atoms with van der Waals surface area (Å²) >= 11 is 0. The highest BCUT2D eigenvalue weighted by Crippen LogP contribution is 2.46. The molecule has 0 saturated heterocycles. The Morgan fingerprint density at radius 3 is 2.41 bits per heavy atom. The maximum Gasteiger partial charge on any atom is 0.341 e. The van der Waals surface area contributed by atoms with E-state index in [9.17, 15) is 17.6 Å². The van der Waals surface area contributed by atoms with Crippen LogP contribution in [0.1, 0.15) is 49.9 Å². The number of hydrogen-bond donors (Lipinski definition) is 0. The van der Waals surface area contributed by atoms with Gasteiger partial charge in [0, 0.05) is 23.7 Å². The zero-order valence-electron chi connectivity index (χ0n) is 19.0. The third-order valence-corrected chi connectivity index (χ3v) is 8.24. The molecule has 2 aromatic rings. The van der Waals surface area contributed by atoms with Crippen LogP contribution in [0.2, 0.25) is 0 Å². The molecule has 1 atom stereocenters. The smallest absolute Gasteiger partial charge is 0.341 e. The van der Waals surface area contributed by atoms with E-state index in [-0.39, 0.29) is 27.8 Å². The normalized spacial score (nSPS) is 19.7. The van der Waals surface area contributed by atoms with Gasteiger partial charge in [0.15, 0.2) is 9.84 Å². The van der Waals surface area contributed by atoms with Crippen molar-refractivity contribution in [2.24, 2.45) is 5.41 Å². The van der Waals surface area contributed by atoms with Crippen LogP contribution in [0.15, 0.2) is 41.3 Å². The van der Waals surface area contributed by atoms with Crippen LogP contribution in [-0.2, 0) is 14.6 Å². The molecule has 0 bridgehead atoms. The highest BCUT2D eigenvalue weighted by molar-refractivity contribution is 7.91. The number of unbranched alkanes of at least 4 members (excludes halogenated alkanes) is 1. The molecule has 32 heavy (non-hydrogen) atoms. The topological polar surface area (TPSA) is 72.9 Å². The second kappa shape index (κ2) is 9.48. The summed E-state index contributed by atoms with van der Waals surface area (Å²) in [7, 11) is -1.09. The summed E-state index contributed by atoms with van der Waals surface area (Å²) in [5.41, 5.74) is 0.634. The minimum atomic E-state index is -3.75. The summed E-state index contributed by atoms with van der Waals surface area (Å²) in [6, 6.07) is 8.89. The van der Waals surface area contributed by atoms with Crippen molar-refractivity contribution in [3.8, 4) is 5.75 Å². The third-order valence-electron chi connectivity index (χ3n) is 6.25. The number of halogens is 1. The van der Waals surface area contributed by atoms with E-state index < -0.39 is 21.2 Å². The second-order valence-electron chi connectivity index (χ2n) is 8.29. The molecule has 0 amide bonds. The van der Waals surface area contributed by atoms with E-state index in [0.717, 1.165) is 19.3 Å². The summed E-state index contributed by atoms with van der Waals surface area (Å²) in [4.78, 5) is 14.3. The van der Waals surface area contributed by atoms with Gasteiger partial charge < -0.3 is 14.4 Å². The fourth-order valence-electron chi connectivity index (χ4n) is 4.34. The van der Waals surface area contributed by atoms with Crippen molar-refractivity contribution in [3.63, 3.8) is 0 Å². The number of ether oxygens (including phenoxy) is 2. The van der Waals surface area contributed by atoms with Crippen molar-refractivity contribution in [2.45, 2.75) is 44.4 Å². The molecule has 1 unspecified atom stereocenters. The fraction of sp³-hybridized carbons (Fsp3) is 0.458. The maximum absolute atomic E-state index is 13.7. The Bertz CT molecular complexity index is 1080. The van der Waals surface area contributed by atoms with Gasteiger partial charge in [0.2, 0.25) is 0 Å². The minimum Gasteiger partial charge on any atom is -0.496 e. The van der Waals surface area contributed by atoms with Crippen molar-refractivity contribution in [1.29, 1.82) is 0 Å². The van der Waals surface area contributed by atoms with Crippen LogP contribution >= 0.6 is 0 Å². The minimum absolute atomic E-state index is 0.0336. The molecule has 1 heterocycles. The van der Waals surface area contributed by atoms with E-state index in [1.807, 2.05) is 11.8 Å². The molecule has 0 N–H and O–H groups in total. The van der Waals surface area contributed by atoms with Gasteiger partial charge in [0.1, 0.15) is 17.1 Å². The number of sulfone groups is 1. The van der Waals surface area contributed by atoms with Crippen molar-refractivity contribution in [1.82, 2.24) is 0 Å². The molecule has 0 aliphatic carbocycles. The number of carbonyl (C=O) groups excluding carboxylic acids is 1. The van der Waals surface area contributed by atoms with Gasteiger partial charge in [-0.05, 0) is 43.2 Å². The van der Waals surface area contributed by atoms with Crippen LogP contribution < -0.4 is 9.64 Å². The van der Waals surface area contributed by atoms with Gasteiger partial charge in [0.25, 0.3) is 0 Å². The predicted octanol–water partition coefficient (Wildman–Crippen LogP) is 5.13. The Hall–Kier alpha value is -2.61. The van der Waals surface area contributed by atoms with Gasteiger partial charge in [-0.2, -0.15) is 0 Å². The molecule has 1 aliphatic heterocycles. The zero-order chi connectivity index (χ0) is 23.5. The molecular formula is C24H30FNO5S. The largest absolute Gasteiger partial charge is 0.496 e. The average molecular weight is 464 g/mol. The van der Waals surface area contributed by atoms with E-state index in [4.69, 9.17) is 9.47 Å². The van der Waals surface area contributed by atoms with Gasteiger partial charge >= 0.3 is 5.97 Å². The lowest BCUT2D eigenvalue weighted by Crippen LogP contribution is -2.37. The summed E-state index contributed by atoms with van der Waals surface area (Å²) in [6.45, 7) is 4.53. The van der Waals surface area contributed by atoms with Crippen LogP contribution in [0, 0.1) is 11.2 Å². The van der Waals surface area contributed by atoms with Gasteiger partial charge in [-0.1, -0.05) is 26.7 Å². The van der Waals surface area contributed by atoms with Crippen molar-refractivity contribution in [2.75, 3.05) is 31.4 Å². The fourth-order valence-corrected chi connectivity index (χ4v) is 6.53. The van der Waals surface area contributed by atoms with Gasteiger partial charge in [-0.25, -0.2) is 17.6 Å². The predicted molar refractivity (Wildman–Crippen MR) is 122 cm³/mol. The van der Waals surface area contributed by atoms with E-state index >= 15 is 0 Å². The Morgan fingerprint density at radius 2 is 1.84 bits per heavy atom. The molecule has 3 rings (SSSR count). The highest BCUT2D eigenvalue weighted by atomic mass is 32.2. The molecule has 6 nitrogen and oxygen atoms in total. The summed E-state index contributed by atoms with van der Waals surface area (Å²) in [5.74, 6) is -0.864. The highest BCUT2D eigenvalue weighted by Gasteiger charge is 2.42. The standard InChI is InChI=1S/C24H30FNO5S/c1-5-7-12-24(6-2)15-26(18-10-8-17(25)9-11-18)20-14-21(30-3)19(23(27)31-4)13-22(20)32(28,29)16-24/h8-11,13-14H,5-7,12,15-16H2,1-4H3. The molecule has 0 saturated carbocycles. The van der Waals surface area contributed by atoms with Crippen LogP contribution in [0.4, 0.5) is 15.8 Å². The maximum atomic E-state index is 13.7.